The molecule has 1 rings (SSSR count). The Labute approximate surface area is 105 Å². The summed E-state index contributed by atoms with van der Waals surface area (Å²) in [5.41, 5.74) is -0.0234. The highest BCUT2D eigenvalue weighted by molar-refractivity contribution is 5.96. The molecular weight excluding hydrogens is 234 g/mol. The summed E-state index contributed by atoms with van der Waals surface area (Å²) in [6.07, 6.45) is 1.51. The predicted molar refractivity (Wildman–Crippen MR) is 67.3 cm³/mol. The number of hydrogen-bond acceptors (Lipinski definition) is 3. The second-order valence-electron chi connectivity index (χ2n) is 4.27. The Balaban J connectivity index is 2.58. The molecule has 1 aromatic heterocycles. The summed E-state index contributed by atoms with van der Waals surface area (Å²) in [5.74, 6) is -0.700. The van der Waals surface area contributed by atoms with Crippen molar-refractivity contribution >= 4 is 11.8 Å². The molecule has 2 amide bonds. The standard InChI is InChI=1S/C12H17N3O3/c1-8(2)14-10(16)7-13-12(18)9-4-5-15(3)11(17)6-9/h4-6,8H,7H2,1-3H3,(H,13,18)(H,14,16). The van der Waals surface area contributed by atoms with Gasteiger partial charge in [0.05, 0.1) is 6.54 Å². The zero-order chi connectivity index (χ0) is 13.7. The fourth-order valence-electron chi connectivity index (χ4n) is 1.33. The van der Waals surface area contributed by atoms with Crippen LogP contribution >= 0.6 is 0 Å². The van der Waals surface area contributed by atoms with E-state index >= 15 is 0 Å². The molecule has 0 radical (unpaired) electrons. The van der Waals surface area contributed by atoms with Crippen molar-refractivity contribution < 1.29 is 9.59 Å². The van der Waals surface area contributed by atoms with Crippen LogP contribution in [0.2, 0.25) is 0 Å². The molecular formula is C12H17N3O3. The van der Waals surface area contributed by atoms with Gasteiger partial charge in [0.15, 0.2) is 0 Å². The Bertz CT molecular complexity index is 506. The average molecular weight is 251 g/mol. The minimum atomic E-state index is -0.438. The van der Waals surface area contributed by atoms with E-state index in [1.165, 1.54) is 22.9 Å². The molecule has 0 aliphatic rings. The predicted octanol–water partition coefficient (Wildman–Crippen LogP) is -0.360. The van der Waals surface area contributed by atoms with E-state index in [-0.39, 0.29) is 29.6 Å². The van der Waals surface area contributed by atoms with Gasteiger partial charge in [0.2, 0.25) is 5.91 Å². The minimum Gasteiger partial charge on any atom is -0.352 e. The normalized spacial score (nSPS) is 10.2. The molecule has 98 valence electrons. The van der Waals surface area contributed by atoms with E-state index < -0.39 is 5.91 Å². The van der Waals surface area contributed by atoms with Gasteiger partial charge in [0, 0.05) is 30.9 Å². The molecule has 0 aliphatic heterocycles. The lowest BCUT2D eigenvalue weighted by Gasteiger charge is -2.09. The number of pyridine rings is 1. The zero-order valence-electron chi connectivity index (χ0n) is 10.7. The molecule has 18 heavy (non-hydrogen) atoms. The smallest absolute Gasteiger partial charge is 0.251 e. The monoisotopic (exact) mass is 251 g/mol. The van der Waals surface area contributed by atoms with Gasteiger partial charge < -0.3 is 15.2 Å². The summed E-state index contributed by atoms with van der Waals surface area (Å²) in [6.45, 7) is 3.56. The van der Waals surface area contributed by atoms with Crippen LogP contribution in [0.25, 0.3) is 0 Å². The highest BCUT2D eigenvalue weighted by Gasteiger charge is 2.09. The van der Waals surface area contributed by atoms with Gasteiger partial charge in [-0.15, -0.1) is 0 Å². The maximum Gasteiger partial charge on any atom is 0.251 e. The highest BCUT2D eigenvalue weighted by Crippen LogP contribution is 1.93. The highest BCUT2D eigenvalue weighted by atomic mass is 16.2. The van der Waals surface area contributed by atoms with Crippen molar-refractivity contribution in [2.75, 3.05) is 6.54 Å². The third kappa shape index (κ3) is 4.04. The molecule has 6 heteroatoms. The molecule has 0 bridgehead atoms. The zero-order valence-corrected chi connectivity index (χ0v) is 10.7. The molecule has 6 nitrogen and oxygen atoms in total. The van der Waals surface area contributed by atoms with Crippen LogP contribution in [0.15, 0.2) is 23.1 Å². The van der Waals surface area contributed by atoms with Crippen LogP contribution in [0, 0.1) is 0 Å². The third-order valence-electron chi connectivity index (χ3n) is 2.23. The molecule has 0 aliphatic carbocycles. The van der Waals surface area contributed by atoms with Gasteiger partial charge in [0.1, 0.15) is 0 Å². The molecule has 0 spiro atoms. The fraction of sp³-hybridized carbons (Fsp3) is 0.417. The average Bonchev–Trinajstić information content (AvgIpc) is 2.28. The number of aryl methyl sites for hydroxylation is 1. The lowest BCUT2D eigenvalue weighted by Crippen LogP contribution is -2.40. The molecule has 0 unspecified atom stereocenters. The number of amides is 2. The van der Waals surface area contributed by atoms with Crippen molar-refractivity contribution in [1.29, 1.82) is 0 Å². The molecule has 0 fully saturated rings. The molecule has 1 heterocycles. The van der Waals surface area contributed by atoms with Crippen molar-refractivity contribution in [2.45, 2.75) is 19.9 Å². The minimum absolute atomic E-state index is 0.0263. The number of carbonyl (C=O) groups excluding carboxylic acids is 2. The second kappa shape index (κ2) is 6.00. The van der Waals surface area contributed by atoms with E-state index in [2.05, 4.69) is 10.6 Å². The lowest BCUT2D eigenvalue weighted by atomic mass is 10.2. The Hall–Kier alpha value is -2.11. The SMILES string of the molecule is CC(C)NC(=O)CNC(=O)c1ccn(C)c(=O)c1. The van der Waals surface area contributed by atoms with Crippen LogP contribution in [0.1, 0.15) is 24.2 Å². The summed E-state index contributed by atoms with van der Waals surface area (Å²) >= 11 is 0. The topological polar surface area (TPSA) is 80.2 Å². The quantitative estimate of drug-likeness (QED) is 0.767. The molecule has 1 aromatic rings. The van der Waals surface area contributed by atoms with Gasteiger partial charge in [-0.1, -0.05) is 0 Å². The summed E-state index contributed by atoms with van der Waals surface area (Å²) in [7, 11) is 1.60. The van der Waals surface area contributed by atoms with Crippen molar-refractivity contribution in [3.8, 4) is 0 Å². The number of nitrogens with one attached hydrogen (secondary N) is 2. The van der Waals surface area contributed by atoms with Gasteiger partial charge in [0.25, 0.3) is 11.5 Å². The molecule has 0 saturated carbocycles. The largest absolute Gasteiger partial charge is 0.352 e. The molecule has 0 atom stereocenters. The molecule has 0 saturated heterocycles. The number of nitrogens with zero attached hydrogens (tertiary/aromatic N) is 1. The van der Waals surface area contributed by atoms with E-state index in [9.17, 15) is 14.4 Å². The summed E-state index contributed by atoms with van der Waals surface area (Å²) < 4.78 is 1.36. The number of hydrogen-bond donors (Lipinski definition) is 2. The number of carbonyl (C=O) groups is 2. The van der Waals surface area contributed by atoms with Crippen molar-refractivity contribution in [3.05, 3.63) is 34.2 Å². The maximum atomic E-state index is 11.7. The van der Waals surface area contributed by atoms with Crippen molar-refractivity contribution in [1.82, 2.24) is 15.2 Å². The number of rotatable bonds is 4. The lowest BCUT2D eigenvalue weighted by molar-refractivity contribution is -0.120. The van der Waals surface area contributed by atoms with E-state index in [0.717, 1.165) is 0 Å². The van der Waals surface area contributed by atoms with Crippen LogP contribution in [0.5, 0.6) is 0 Å². The Morgan fingerprint density at radius 1 is 1.39 bits per heavy atom. The van der Waals surface area contributed by atoms with Crippen molar-refractivity contribution in [2.24, 2.45) is 7.05 Å². The van der Waals surface area contributed by atoms with Gasteiger partial charge in [-0.05, 0) is 19.9 Å². The molecule has 2 N–H and O–H groups in total. The summed E-state index contributed by atoms with van der Waals surface area (Å²) in [6, 6.07) is 2.78. The first kappa shape index (κ1) is 14.0. The van der Waals surface area contributed by atoms with E-state index in [0.29, 0.717) is 0 Å². The van der Waals surface area contributed by atoms with Crippen molar-refractivity contribution in [3.63, 3.8) is 0 Å². The van der Waals surface area contributed by atoms with Gasteiger partial charge in [-0.3, -0.25) is 14.4 Å². The van der Waals surface area contributed by atoms with Gasteiger partial charge in [-0.2, -0.15) is 0 Å². The van der Waals surface area contributed by atoms with E-state index in [1.54, 1.807) is 7.05 Å². The molecule has 0 aromatic carbocycles. The third-order valence-corrected chi connectivity index (χ3v) is 2.23. The van der Waals surface area contributed by atoms with Crippen LogP contribution in [0.4, 0.5) is 0 Å². The Kier molecular flexibility index (Phi) is 4.65. The second-order valence-corrected chi connectivity index (χ2v) is 4.27. The van der Waals surface area contributed by atoms with Gasteiger partial charge >= 0.3 is 0 Å². The Morgan fingerprint density at radius 2 is 2.06 bits per heavy atom. The summed E-state index contributed by atoms with van der Waals surface area (Å²) in [4.78, 5) is 34.3. The first-order chi connectivity index (χ1) is 8.40. The van der Waals surface area contributed by atoms with E-state index in [1.807, 2.05) is 13.8 Å². The van der Waals surface area contributed by atoms with E-state index in [4.69, 9.17) is 0 Å². The summed E-state index contributed by atoms with van der Waals surface area (Å²) in [5, 5.41) is 5.10. The number of aromatic nitrogens is 1. The first-order valence-corrected chi connectivity index (χ1v) is 5.64. The van der Waals surface area contributed by atoms with Crippen LogP contribution in [-0.2, 0) is 11.8 Å². The first-order valence-electron chi connectivity index (χ1n) is 5.64. The van der Waals surface area contributed by atoms with Crippen LogP contribution < -0.4 is 16.2 Å². The van der Waals surface area contributed by atoms with Crippen LogP contribution in [0.3, 0.4) is 0 Å². The Morgan fingerprint density at radius 3 is 2.61 bits per heavy atom. The maximum absolute atomic E-state index is 11.7. The van der Waals surface area contributed by atoms with Crippen LogP contribution in [-0.4, -0.2) is 29.0 Å². The fourth-order valence-corrected chi connectivity index (χ4v) is 1.33. The van der Waals surface area contributed by atoms with Gasteiger partial charge in [-0.25, -0.2) is 0 Å².